The second kappa shape index (κ2) is 33.1. The van der Waals surface area contributed by atoms with Gasteiger partial charge in [0.1, 0.15) is 54.9 Å². The number of ether oxygens (including phenoxy) is 6. The van der Waals surface area contributed by atoms with E-state index in [1.54, 1.807) is 0 Å². The molecule has 0 amide bonds. The van der Waals surface area contributed by atoms with E-state index in [0.29, 0.717) is 13.0 Å². The van der Waals surface area contributed by atoms with Gasteiger partial charge in [0.15, 0.2) is 12.6 Å². The molecular formula is C44H80O14. The Kier molecular flexibility index (Phi) is 30.1. The fourth-order valence-corrected chi connectivity index (χ4v) is 6.95. The quantitative estimate of drug-likeness (QED) is 0.0261. The summed E-state index contributed by atoms with van der Waals surface area (Å²) >= 11 is 0. The van der Waals surface area contributed by atoms with Crippen molar-refractivity contribution in [3.63, 3.8) is 0 Å². The Morgan fingerprint density at radius 2 is 1.09 bits per heavy atom. The van der Waals surface area contributed by atoms with E-state index in [0.717, 1.165) is 64.2 Å². The summed E-state index contributed by atoms with van der Waals surface area (Å²) in [6.45, 7) is 3.60. The number of unbranched alkanes of at least 4 members (excludes halogenated alkanes) is 16. The maximum absolute atomic E-state index is 12.9. The monoisotopic (exact) mass is 833 g/mol. The Labute approximate surface area is 347 Å². The van der Waals surface area contributed by atoms with Crippen molar-refractivity contribution in [3.05, 3.63) is 24.3 Å². The lowest BCUT2D eigenvalue weighted by Crippen LogP contribution is -2.61. The highest BCUT2D eigenvalue weighted by Crippen LogP contribution is 2.26. The third kappa shape index (κ3) is 21.8. The predicted molar refractivity (Wildman–Crippen MR) is 220 cm³/mol. The number of esters is 1. The van der Waals surface area contributed by atoms with E-state index in [4.69, 9.17) is 28.4 Å². The standard InChI is InChI=1S/C44H80O14/c1-3-5-7-9-11-13-15-16-17-18-19-21-23-25-27-36(46)56-33(30-53-28-26-24-22-20-14-12-10-8-6-4-2)31-54-43-42(52)40(50)38(48)35(58-43)32-55-44-41(51)39(49)37(47)34(29-45)57-44/h9,11,15-16,33-35,37-45,47-52H,3-8,10,12-14,17-32H2,1-2H3/b11-9-,16-15-. The molecule has 0 bridgehead atoms. The van der Waals surface area contributed by atoms with Crippen LogP contribution in [0.2, 0.25) is 0 Å². The molecule has 0 radical (unpaired) electrons. The Bertz CT molecular complexity index is 1060. The zero-order valence-corrected chi connectivity index (χ0v) is 35.5. The minimum atomic E-state index is -1.70. The van der Waals surface area contributed by atoms with Crippen LogP contribution in [0.4, 0.5) is 0 Å². The molecule has 2 saturated heterocycles. The van der Waals surface area contributed by atoms with Crippen LogP contribution in [-0.4, -0.2) is 142 Å². The van der Waals surface area contributed by atoms with Gasteiger partial charge < -0.3 is 64.2 Å². The summed E-state index contributed by atoms with van der Waals surface area (Å²) in [5.41, 5.74) is 0. The molecule has 0 spiro atoms. The zero-order valence-electron chi connectivity index (χ0n) is 35.5. The Morgan fingerprint density at radius 1 is 0.569 bits per heavy atom. The SMILES string of the molecule is CCCC/C=C\C/C=C\CCCCCCCC(=O)OC(COCCCCCCCCCCCC)COC1OC(COC2OC(CO)C(O)C(O)C2O)C(O)C(O)C1O. The highest BCUT2D eigenvalue weighted by atomic mass is 16.7. The molecule has 14 nitrogen and oxygen atoms in total. The van der Waals surface area contributed by atoms with E-state index in [1.807, 2.05) is 0 Å². The van der Waals surface area contributed by atoms with Gasteiger partial charge in [-0.25, -0.2) is 0 Å². The van der Waals surface area contributed by atoms with Crippen LogP contribution >= 0.6 is 0 Å². The number of aliphatic hydroxyl groups excluding tert-OH is 7. The highest BCUT2D eigenvalue weighted by molar-refractivity contribution is 5.69. The van der Waals surface area contributed by atoms with Crippen LogP contribution in [0.1, 0.15) is 149 Å². The molecule has 0 aromatic carbocycles. The van der Waals surface area contributed by atoms with Gasteiger partial charge in [0.25, 0.3) is 0 Å². The third-order valence-corrected chi connectivity index (χ3v) is 10.7. The average molecular weight is 833 g/mol. The van der Waals surface area contributed by atoms with Crippen molar-refractivity contribution in [2.45, 2.75) is 216 Å². The highest BCUT2D eigenvalue weighted by Gasteiger charge is 2.47. The van der Waals surface area contributed by atoms with Crippen LogP contribution in [0.25, 0.3) is 0 Å². The van der Waals surface area contributed by atoms with Crippen LogP contribution < -0.4 is 0 Å². The summed E-state index contributed by atoms with van der Waals surface area (Å²) in [5.74, 6) is -0.391. The predicted octanol–water partition coefficient (Wildman–Crippen LogP) is 4.90. The summed E-state index contributed by atoms with van der Waals surface area (Å²) < 4.78 is 34.1. The van der Waals surface area contributed by atoms with Crippen molar-refractivity contribution in [3.8, 4) is 0 Å². The van der Waals surface area contributed by atoms with Crippen LogP contribution in [0.5, 0.6) is 0 Å². The summed E-state index contributed by atoms with van der Waals surface area (Å²) in [6.07, 6.45) is 15.3. The second-order valence-corrected chi connectivity index (χ2v) is 15.9. The molecule has 0 saturated carbocycles. The van der Waals surface area contributed by atoms with Crippen molar-refractivity contribution in [2.75, 3.05) is 33.0 Å². The lowest BCUT2D eigenvalue weighted by Gasteiger charge is -2.42. The fourth-order valence-electron chi connectivity index (χ4n) is 6.95. The molecule has 2 heterocycles. The molecule has 340 valence electrons. The van der Waals surface area contributed by atoms with Gasteiger partial charge in [-0.3, -0.25) is 4.79 Å². The molecular weight excluding hydrogens is 752 g/mol. The molecule has 58 heavy (non-hydrogen) atoms. The van der Waals surface area contributed by atoms with Crippen molar-refractivity contribution in [1.82, 2.24) is 0 Å². The normalized spacial score (nSPS) is 28.4. The van der Waals surface area contributed by atoms with Crippen LogP contribution in [0.15, 0.2) is 24.3 Å². The van der Waals surface area contributed by atoms with E-state index < -0.39 is 86.7 Å². The second-order valence-electron chi connectivity index (χ2n) is 15.9. The van der Waals surface area contributed by atoms with Crippen LogP contribution in [-0.2, 0) is 33.2 Å². The maximum Gasteiger partial charge on any atom is 0.306 e. The lowest BCUT2D eigenvalue weighted by molar-refractivity contribution is -0.332. The molecule has 2 aliphatic rings. The van der Waals surface area contributed by atoms with E-state index in [9.17, 15) is 40.5 Å². The molecule has 2 rings (SSSR count). The van der Waals surface area contributed by atoms with Crippen molar-refractivity contribution in [2.24, 2.45) is 0 Å². The first-order valence-corrected chi connectivity index (χ1v) is 22.4. The summed E-state index contributed by atoms with van der Waals surface area (Å²) in [5, 5.41) is 71.8. The van der Waals surface area contributed by atoms with Gasteiger partial charge in [-0.15, -0.1) is 0 Å². The number of carbonyl (C=O) groups excluding carboxylic acids is 1. The van der Waals surface area contributed by atoms with Gasteiger partial charge >= 0.3 is 5.97 Å². The maximum atomic E-state index is 12.9. The Hall–Kier alpha value is -1.53. The molecule has 11 atom stereocenters. The number of hydrogen-bond acceptors (Lipinski definition) is 14. The molecule has 0 aliphatic carbocycles. The minimum absolute atomic E-state index is 0.0584. The zero-order chi connectivity index (χ0) is 42.4. The van der Waals surface area contributed by atoms with E-state index in [2.05, 4.69) is 38.2 Å². The average Bonchev–Trinajstić information content (AvgIpc) is 3.22. The first kappa shape index (κ1) is 52.6. The number of rotatable bonds is 34. The van der Waals surface area contributed by atoms with Gasteiger partial charge in [-0.1, -0.05) is 128 Å². The summed E-state index contributed by atoms with van der Waals surface area (Å²) in [6, 6.07) is 0. The van der Waals surface area contributed by atoms with Crippen molar-refractivity contribution >= 4 is 5.97 Å². The number of aliphatic hydroxyl groups is 7. The fraction of sp³-hybridized carbons (Fsp3) is 0.886. The van der Waals surface area contributed by atoms with Crippen molar-refractivity contribution < 1.29 is 69.0 Å². The van der Waals surface area contributed by atoms with Crippen LogP contribution in [0, 0.1) is 0 Å². The van der Waals surface area contributed by atoms with Gasteiger partial charge in [-0.2, -0.15) is 0 Å². The van der Waals surface area contributed by atoms with Gasteiger partial charge in [0.2, 0.25) is 0 Å². The third-order valence-electron chi connectivity index (χ3n) is 10.7. The molecule has 2 aliphatic heterocycles. The molecule has 14 heteroatoms. The topological polar surface area (TPSA) is 214 Å². The lowest BCUT2D eigenvalue weighted by atomic mass is 9.98. The largest absolute Gasteiger partial charge is 0.457 e. The Morgan fingerprint density at radius 3 is 1.71 bits per heavy atom. The smallest absolute Gasteiger partial charge is 0.306 e. The van der Waals surface area contributed by atoms with E-state index >= 15 is 0 Å². The van der Waals surface area contributed by atoms with E-state index in [-0.39, 0.29) is 19.6 Å². The van der Waals surface area contributed by atoms with Crippen molar-refractivity contribution in [1.29, 1.82) is 0 Å². The van der Waals surface area contributed by atoms with Gasteiger partial charge in [0, 0.05) is 13.0 Å². The van der Waals surface area contributed by atoms with Crippen LogP contribution in [0.3, 0.4) is 0 Å². The van der Waals surface area contributed by atoms with E-state index in [1.165, 1.54) is 57.8 Å². The minimum Gasteiger partial charge on any atom is -0.457 e. The summed E-state index contributed by atoms with van der Waals surface area (Å²) in [7, 11) is 0. The van der Waals surface area contributed by atoms with Gasteiger partial charge in [-0.05, 0) is 38.5 Å². The molecule has 0 aromatic heterocycles. The number of hydrogen-bond donors (Lipinski definition) is 7. The molecule has 0 aromatic rings. The van der Waals surface area contributed by atoms with Gasteiger partial charge in [0.05, 0.1) is 26.4 Å². The first-order valence-electron chi connectivity index (χ1n) is 22.4. The Balaban J connectivity index is 1.83. The number of allylic oxidation sites excluding steroid dienone is 4. The molecule has 2 fully saturated rings. The first-order chi connectivity index (χ1) is 28.1. The summed E-state index contributed by atoms with van der Waals surface area (Å²) in [4.78, 5) is 12.9. The molecule has 11 unspecified atom stereocenters. The number of carbonyl (C=O) groups is 1. The molecule has 7 N–H and O–H groups in total.